The third kappa shape index (κ3) is 62.0. The average Bonchev–Trinajstić information content (AvgIpc) is 3.38. The van der Waals surface area contributed by atoms with Gasteiger partial charge in [-0.2, -0.15) is 0 Å². The first-order valence-electron chi connectivity index (χ1n) is 33.4. The molecule has 452 valence electrons. The van der Waals surface area contributed by atoms with E-state index in [4.69, 9.17) is 18.5 Å². The summed E-state index contributed by atoms with van der Waals surface area (Å²) in [5.74, 6) is -0.808. The molecule has 0 amide bonds. The molecule has 0 bridgehead atoms. The van der Waals surface area contributed by atoms with E-state index in [1.54, 1.807) is 0 Å². The number of likely N-dealkylation sites (N-methyl/N-ethyl adjacent to an activating group) is 1. The first-order chi connectivity index (χ1) is 37.0. The number of quaternary nitrogens is 1. The molecule has 0 heterocycles. The van der Waals surface area contributed by atoms with E-state index in [1.165, 1.54) is 283 Å². The zero-order valence-corrected chi connectivity index (χ0v) is 52.4. The lowest BCUT2D eigenvalue weighted by Gasteiger charge is -2.28. The van der Waals surface area contributed by atoms with Crippen LogP contribution in [-0.4, -0.2) is 70.0 Å². The predicted molar refractivity (Wildman–Crippen MR) is 324 cm³/mol. The summed E-state index contributed by atoms with van der Waals surface area (Å²) in [6.07, 6.45) is 70.0. The molecule has 0 aromatic carbocycles. The van der Waals surface area contributed by atoms with E-state index in [1.807, 2.05) is 21.1 Å². The van der Waals surface area contributed by atoms with E-state index in [0.29, 0.717) is 17.4 Å². The molecular weight excluding hydrogens is 966 g/mol. The first-order valence-corrected chi connectivity index (χ1v) is 34.9. The van der Waals surface area contributed by atoms with E-state index < -0.39 is 26.5 Å². The third-order valence-corrected chi connectivity index (χ3v) is 16.2. The van der Waals surface area contributed by atoms with Crippen LogP contribution in [0.3, 0.4) is 0 Å². The van der Waals surface area contributed by atoms with Crippen molar-refractivity contribution >= 4 is 19.8 Å². The van der Waals surface area contributed by atoms with Gasteiger partial charge in [0.15, 0.2) is 6.10 Å². The Hall–Kier alpha value is -1.25. The van der Waals surface area contributed by atoms with Crippen molar-refractivity contribution in [3.05, 3.63) is 12.2 Å². The maximum Gasteiger partial charge on any atom is 0.306 e. The molecule has 76 heavy (non-hydrogen) atoms. The smallest absolute Gasteiger partial charge is 0.306 e. The quantitative estimate of drug-likeness (QED) is 0.0195. The highest BCUT2D eigenvalue weighted by Crippen LogP contribution is 2.38. The molecule has 9 nitrogen and oxygen atoms in total. The summed E-state index contributed by atoms with van der Waals surface area (Å²) in [5, 5.41) is 0. The van der Waals surface area contributed by atoms with E-state index >= 15 is 0 Å². The molecule has 0 saturated heterocycles. The number of hydrogen-bond acceptors (Lipinski definition) is 8. The Morgan fingerprint density at radius 1 is 0.395 bits per heavy atom. The zero-order chi connectivity index (χ0) is 55.6. The number of phosphoric ester groups is 1. The molecule has 0 N–H and O–H groups in total. The number of esters is 2. The number of nitrogens with zero attached hydrogens (tertiary/aromatic N) is 1. The van der Waals surface area contributed by atoms with E-state index in [2.05, 4.69) is 26.0 Å². The highest BCUT2D eigenvalue weighted by molar-refractivity contribution is 7.45. The fourth-order valence-electron chi connectivity index (χ4n) is 10.1. The van der Waals surface area contributed by atoms with Gasteiger partial charge in [-0.1, -0.05) is 309 Å². The van der Waals surface area contributed by atoms with Gasteiger partial charge in [-0.3, -0.25) is 14.2 Å². The molecule has 0 aromatic rings. The maximum absolute atomic E-state index is 12.8. The van der Waals surface area contributed by atoms with Crippen molar-refractivity contribution in [1.29, 1.82) is 0 Å². The number of carbonyl (C=O) groups is 2. The lowest BCUT2D eigenvalue weighted by atomic mass is 10.0. The van der Waals surface area contributed by atoms with Gasteiger partial charge in [-0.15, -0.1) is 0 Å². The number of carbonyl (C=O) groups excluding carboxylic acids is 2. The summed E-state index contributed by atoms with van der Waals surface area (Å²) < 4.78 is 34.3. The van der Waals surface area contributed by atoms with Crippen molar-refractivity contribution in [2.75, 3.05) is 47.5 Å². The summed E-state index contributed by atoms with van der Waals surface area (Å²) in [7, 11) is 1.19. The number of allylic oxidation sites excluding steroid dienone is 2. The second-order valence-corrected chi connectivity index (χ2v) is 25.6. The fraction of sp³-hybridized carbons (Fsp3) is 0.939. The number of phosphoric acid groups is 1. The van der Waals surface area contributed by atoms with Crippen LogP contribution in [0.5, 0.6) is 0 Å². The van der Waals surface area contributed by atoms with Gasteiger partial charge in [0.1, 0.15) is 19.8 Å². The molecule has 0 saturated carbocycles. The van der Waals surface area contributed by atoms with Crippen LogP contribution in [0, 0.1) is 0 Å². The monoisotopic (exact) mass is 1100 g/mol. The van der Waals surface area contributed by atoms with Gasteiger partial charge in [0.25, 0.3) is 7.82 Å². The Morgan fingerprint density at radius 2 is 0.671 bits per heavy atom. The van der Waals surface area contributed by atoms with Gasteiger partial charge in [0, 0.05) is 12.8 Å². The van der Waals surface area contributed by atoms with Crippen molar-refractivity contribution in [2.24, 2.45) is 0 Å². The Labute approximate surface area is 473 Å². The van der Waals surface area contributed by atoms with Crippen LogP contribution in [0.4, 0.5) is 0 Å². The van der Waals surface area contributed by atoms with Crippen LogP contribution in [-0.2, 0) is 32.7 Å². The van der Waals surface area contributed by atoms with Crippen LogP contribution in [0.2, 0.25) is 0 Å². The maximum atomic E-state index is 12.8. The highest BCUT2D eigenvalue weighted by atomic mass is 31.2. The molecule has 0 fully saturated rings. The van der Waals surface area contributed by atoms with Crippen LogP contribution in [0.25, 0.3) is 0 Å². The number of rotatable bonds is 63. The molecule has 0 aliphatic carbocycles. The topological polar surface area (TPSA) is 111 Å². The molecule has 2 unspecified atom stereocenters. The van der Waals surface area contributed by atoms with Crippen LogP contribution < -0.4 is 4.89 Å². The minimum Gasteiger partial charge on any atom is -0.756 e. The van der Waals surface area contributed by atoms with Gasteiger partial charge in [-0.05, 0) is 38.5 Å². The van der Waals surface area contributed by atoms with Crippen LogP contribution >= 0.6 is 7.82 Å². The van der Waals surface area contributed by atoms with Crippen molar-refractivity contribution < 1.29 is 42.1 Å². The minimum atomic E-state index is -4.63. The average molecular weight is 1100 g/mol. The normalized spacial score (nSPS) is 13.2. The molecule has 10 heteroatoms. The van der Waals surface area contributed by atoms with E-state index in [9.17, 15) is 19.0 Å². The number of ether oxygens (including phenoxy) is 2. The zero-order valence-electron chi connectivity index (χ0n) is 51.5. The number of unbranched alkanes of at least 4 members (excludes halogenated alkanes) is 47. The van der Waals surface area contributed by atoms with Crippen molar-refractivity contribution in [3.63, 3.8) is 0 Å². The van der Waals surface area contributed by atoms with E-state index in [-0.39, 0.29) is 32.0 Å². The second kappa shape index (κ2) is 58.4. The lowest BCUT2D eigenvalue weighted by molar-refractivity contribution is -0.870. The van der Waals surface area contributed by atoms with Crippen LogP contribution in [0.15, 0.2) is 12.2 Å². The summed E-state index contributed by atoms with van der Waals surface area (Å²) in [6, 6.07) is 0. The highest BCUT2D eigenvalue weighted by Gasteiger charge is 2.22. The van der Waals surface area contributed by atoms with Crippen molar-refractivity contribution in [3.8, 4) is 0 Å². The third-order valence-electron chi connectivity index (χ3n) is 15.3. The lowest BCUT2D eigenvalue weighted by Crippen LogP contribution is -2.37. The first kappa shape index (κ1) is 74.8. The molecule has 0 aromatic heterocycles. The standard InChI is InChI=1S/C66H130NO8P/c1-6-8-10-12-14-16-18-20-22-24-26-28-30-31-32-33-34-35-37-39-41-43-45-47-49-51-53-55-57-59-66(69)75-64(63-74-76(70,71)73-61-60-67(3,4)5)62-72-65(68)58-56-54-52-50-48-46-44-42-40-38-36-29-27-25-23-21-19-17-15-13-11-9-7-2/h24,26,64H,6-23,25,27-63H2,1-5H3/b26-24-. The summed E-state index contributed by atoms with van der Waals surface area (Å²) in [5.41, 5.74) is 0. The Kier molecular flexibility index (Phi) is 57.4. The van der Waals surface area contributed by atoms with Gasteiger partial charge in [-0.25, -0.2) is 0 Å². The molecule has 0 spiro atoms. The summed E-state index contributed by atoms with van der Waals surface area (Å²) in [4.78, 5) is 38.0. The van der Waals surface area contributed by atoms with Gasteiger partial charge < -0.3 is 27.9 Å². The SMILES string of the molecule is CCCCCCCCCC/C=C\CCCCCCCCCCCCCCCCCCCC(=O)OC(COC(=O)CCCCCCCCCCCCCCCCCCCCCCCCC)COP(=O)([O-])OCC[N+](C)(C)C. The second-order valence-electron chi connectivity index (χ2n) is 24.2. The Morgan fingerprint density at radius 3 is 0.974 bits per heavy atom. The molecular formula is C66H130NO8P. The molecule has 0 radical (unpaired) electrons. The predicted octanol–water partition coefficient (Wildman–Crippen LogP) is 20.5. The molecule has 2 atom stereocenters. The van der Waals surface area contributed by atoms with Crippen LogP contribution in [0.1, 0.15) is 348 Å². The largest absolute Gasteiger partial charge is 0.756 e. The van der Waals surface area contributed by atoms with Crippen molar-refractivity contribution in [1.82, 2.24) is 0 Å². The summed E-state index contributed by atoms with van der Waals surface area (Å²) in [6.45, 7) is 4.32. The minimum absolute atomic E-state index is 0.0261. The molecule has 0 aliphatic rings. The molecule has 0 aliphatic heterocycles. The van der Waals surface area contributed by atoms with E-state index in [0.717, 1.165) is 32.1 Å². The number of hydrogen-bond donors (Lipinski definition) is 0. The fourth-order valence-corrected chi connectivity index (χ4v) is 10.9. The van der Waals surface area contributed by atoms with Crippen molar-refractivity contribution in [2.45, 2.75) is 354 Å². The van der Waals surface area contributed by atoms with Gasteiger partial charge in [0.2, 0.25) is 0 Å². The van der Waals surface area contributed by atoms with Gasteiger partial charge >= 0.3 is 11.9 Å². The Bertz CT molecular complexity index is 1290. The molecule has 0 rings (SSSR count). The summed E-state index contributed by atoms with van der Waals surface area (Å²) >= 11 is 0. The Balaban J connectivity index is 4.02. The van der Waals surface area contributed by atoms with Gasteiger partial charge in [0.05, 0.1) is 27.7 Å².